The number of unbranched alkanes of at least 4 members (excludes halogenated alkanes) is 7. The van der Waals surface area contributed by atoms with Crippen LogP contribution in [0.3, 0.4) is 0 Å². The molecular weight excluding hydrogens is 300 g/mol. The lowest BCUT2D eigenvalue weighted by Crippen LogP contribution is -2.16. The molecule has 0 heterocycles. The Morgan fingerprint density at radius 2 is 1.42 bits per heavy atom. The number of ether oxygens (including phenoxy) is 1. The van der Waals surface area contributed by atoms with Crippen molar-refractivity contribution in [2.75, 3.05) is 0 Å². The zero-order chi connectivity index (χ0) is 18.0. The highest BCUT2D eigenvalue weighted by Crippen LogP contribution is 2.14. The van der Waals surface area contributed by atoms with E-state index in [-0.39, 0.29) is 12.1 Å². The van der Waals surface area contributed by atoms with Crippen molar-refractivity contribution >= 4 is 11.8 Å². The van der Waals surface area contributed by atoms with E-state index in [1.165, 1.54) is 26.2 Å². The van der Waals surface area contributed by atoms with Gasteiger partial charge >= 0.3 is 5.97 Å². The molecule has 0 fully saturated rings. The monoisotopic (exact) mass is 338 g/mol. The van der Waals surface area contributed by atoms with Crippen LogP contribution in [0, 0.1) is 0 Å². The van der Waals surface area contributed by atoms with E-state index in [1.807, 2.05) is 0 Å². The van der Waals surface area contributed by atoms with Crippen LogP contribution in [-0.4, -0.2) is 17.9 Å². The Bertz CT molecular complexity index is 347. The molecule has 0 aliphatic carbocycles. The lowest BCUT2D eigenvalue weighted by Gasteiger charge is -2.16. The van der Waals surface area contributed by atoms with Gasteiger partial charge in [-0.2, -0.15) is 0 Å². The Hall–Kier alpha value is -1.12. The predicted octanol–water partition coefficient (Wildman–Crippen LogP) is 6.15. The number of carbonyl (C=O) groups is 2. The highest BCUT2D eigenvalue weighted by molar-refractivity contribution is 5.75. The molecule has 1 unspecified atom stereocenters. The van der Waals surface area contributed by atoms with E-state index in [2.05, 4.69) is 19.1 Å². The van der Waals surface area contributed by atoms with E-state index >= 15 is 0 Å². The average Bonchev–Trinajstić information content (AvgIpc) is 2.52. The summed E-state index contributed by atoms with van der Waals surface area (Å²) in [6, 6.07) is 0. The van der Waals surface area contributed by atoms with E-state index < -0.39 is 0 Å². The van der Waals surface area contributed by atoms with Crippen molar-refractivity contribution < 1.29 is 14.3 Å². The zero-order valence-corrected chi connectivity index (χ0v) is 16.1. The van der Waals surface area contributed by atoms with Crippen LogP contribution in [0.25, 0.3) is 0 Å². The molecule has 0 aromatic carbocycles. The molecular formula is C21H38O3. The highest BCUT2D eigenvalue weighted by Gasteiger charge is 2.10. The zero-order valence-electron chi connectivity index (χ0n) is 16.1. The smallest absolute Gasteiger partial charge is 0.302 e. The van der Waals surface area contributed by atoms with Crippen LogP contribution in [0.15, 0.2) is 12.2 Å². The molecule has 0 bridgehead atoms. The number of rotatable bonds is 16. The topological polar surface area (TPSA) is 43.4 Å². The molecule has 1 atom stereocenters. The van der Waals surface area contributed by atoms with Crippen molar-refractivity contribution in [2.45, 2.75) is 110 Å². The second-order valence-corrected chi connectivity index (χ2v) is 6.78. The van der Waals surface area contributed by atoms with Gasteiger partial charge in [0.1, 0.15) is 11.9 Å². The first-order valence-electron chi connectivity index (χ1n) is 9.88. The second kappa shape index (κ2) is 16.7. The third kappa shape index (κ3) is 17.2. The predicted molar refractivity (Wildman–Crippen MR) is 101 cm³/mol. The summed E-state index contributed by atoms with van der Waals surface area (Å²) >= 11 is 0. The molecule has 0 saturated heterocycles. The van der Waals surface area contributed by atoms with Crippen LogP contribution in [0.4, 0.5) is 0 Å². The molecule has 140 valence electrons. The summed E-state index contributed by atoms with van der Waals surface area (Å²) in [5, 5.41) is 0. The van der Waals surface area contributed by atoms with Gasteiger partial charge in [0.2, 0.25) is 0 Å². The van der Waals surface area contributed by atoms with E-state index in [0.29, 0.717) is 5.78 Å². The summed E-state index contributed by atoms with van der Waals surface area (Å²) < 4.78 is 5.39. The molecule has 0 rings (SSSR count). The molecule has 3 heteroatoms. The highest BCUT2D eigenvalue weighted by atomic mass is 16.5. The molecule has 3 nitrogen and oxygen atoms in total. The van der Waals surface area contributed by atoms with Gasteiger partial charge in [0.05, 0.1) is 0 Å². The summed E-state index contributed by atoms with van der Waals surface area (Å²) in [4.78, 5) is 21.9. The van der Waals surface area contributed by atoms with Gasteiger partial charge < -0.3 is 9.53 Å². The summed E-state index contributed by atoms with van der Waals surface area (Å²) in [6.07, 6.45) is 18.9. The van der Waals surface area contributed by atoms with Crippen molar-refractivity contribution in [3.05, 3.63) is 12.2 Å². The Morgan fingerprint density at radius 1 is 0.833 bits per heavy atom. The summed E-state index contributed by atoms with van der Waals surface area (Å²) in [5.74, 6) is 0.151. The SMILES string of the molecule is CCCCC(CCCCC/C=C/CCCCCC(C)=O)OC(C)=O. The molecule has 0 radical (unpaired) electrons. The minimum atomic E-state index is -0.151. The summed E-state index contributed by atoms with van der Waals surface area (Å²) in [7, 11) is 0. The van der Waals surface area contributed by atoms with Gasteiger partial charge in [-0.15, -0.1) is 0 Å². The summed E-state index contributed by atoms with van der Waals surface area (Å²) in [6.45, 7) is 5.34. The van der Waals surface area contributed by atoms with Gasteiger partial charge in [0.25, 0.3) is 0 Å². The maximum Gasteiger partial charge on any atom is 0.302 e. The van der Waals surface area contributed by atoms with Crippen molar-refractivity contribution in [2.24, 2.45) is 0 Å². The molecule has 0 aliphatic heterocycles. The molecule has 0 amide bonds. The van der Waals surface area contributed by atoms with E-state index in [1.54, 1.807) is 6.92 Å². The second-order valence-electron chi connectivity index (χ2n) is 6.78. The lowest BCUT2D eigenvalue weighted by atomic mass is 10.0. The van der Waals surface area contributed by atoms with Gasteiger partial charge in [0.15, 0.2) is 0 Å². The number of Topliss-reactive ketones (excluding diaryl/α,β-unsaturated/α-hetero) is 1. The number of allylic oxidation sites excluding steroid dienone is 2. The molecule has 0 N–H and O–H groups in total. The maximum atomic E-state index is 11.1. The first kappa shape index (κ1) is 22.9. The van der Waals surface area contributed by atoms with Crippen molar-refractivity contribution in [3.8, 4) is 0 Å². The maximum absolute atomic E-state index is 11.1. The van der Waals surface area contributed by atoms with Gasteiger partial charge in [-0.25, -0.2) is 0 Å². The fraction of sp³-hybridized carbons (Fsp3) is 0.810. The van der Waals surface area contributed by atoms with Crippen LogP contribution in [0.2, 0.25) is 0 Å². The first-order valence-corrected chi connectivity index (χ1v) is 9.88. The Morgan fingerprint density at radius 3 is 1.96 bits per heavy atom. The minimum absolute atomic E-state index is 0.119. The Balaban J connectivity index is 3.51. The van der Waals surface area contributed by atoms with Gasteiger partial charge in [0, 0.05) is 13.3 Å². The quantitative estimate of drug-likeness (QED) is 0.192. The normalized spacial score (nSPS) is 12.5. The van der Waals surface area contributed by atoms with Gasteiger partial charge in [-0.05, 0) is 58.3 Å². The van der Waals surface area contributed by atoms with E-state index in [0.717, 1.165) is 64.2 Å². The first-order chi connectivity index (χ1) is 11.6. The van der Waals surface area contributed by atoms with Gasteiger partial charge in [-0.3, -0.25) is 4.79 Å². The molecule has 0 aliphatic rings. The number of hydrogen-bond acceptors (Lipinski definition) is 3. The Kier molecular flexibility index (Phi) is 15.9. The standard InChI is InChI=1S/C21H38O3/c1-4-5-17-21(24-20(3)23)18-15-13-11-9-7-6-8-10-12-14-16-19(2)22/h6-7,21H,4-5,8-18H2,1-3H3/b7-6+. The fourth-order valence-electron chi connectivity index (χ4n) is 2.79. The third-order valence-corrected chi connectivity index (χ3v) is 4.18. The molecule has 24 heavy (non-hydrogen) atoms. The van der Waals surface area contributed by atoms with Crippen LogP contribution < -0.4 is 0 Å². The lowest BCUT2D eigenvalue weighted by molar-refractivity contribution is -0.147. The fourth-order valence-corrected chi connectivity index (χ4v) is 2.79. The van der Waals surface area contributed by atoms with Crippen LogP contribution in [-0.2, 0) is 14.3 Å². The third-order valence-electron chi connectivity index (χ3n) is 4.18. The van der Waals surface area contributed by atoms with Crippen LogP contribution >= 0.6 is 0 Å². The number of carbonyl (C=O) groups excluding carboxylic acids is 2. The molecule has 0 aromatic heterocycles. The van der Waals surface area contributed by atoms with Crippen molar-refractivity contribution in [1.29, 1.82) is 0 Å². The molecule has 0 spiro atoms. The Labute approximate surface area is 149 Å². The largest absolute Gasteiger partial charge is 0.463 e. The van der Waals surface area contributed by atoms with E-state index in [4.69, 9.17) is 4.74 Å². The number of ketones is 1. The van der Waals surface area contributed by atoms with Crippen molar-refractivity contribution in [3.63, 3.8) is 0 Å². The average molecular weight is 339 g/mol. The van der Waals surface area contributed by atoms with Crippen LogP contribution in [0.5, 0.6) is 0 Å². The minimum Gasteiger partial charge on any atom is -0.463 e. The molecule has 0 saturated carbocycles. The summed E-state index contributed by atoms with van der Waals surface area (Å²) in [5.41, 5.74) is 0. The van der Waals surface area contributed by atoms with Crippen molar-refractivity contribution in [1.82, 2.24) is 0 Å². The number of esters is 1. The van der Waals surface area contributed by atoms with Crippen LogP contribution in [0.1, 0.15) is 104 Å². The van der Waals surface area contributed by atoms with Gasteiger partial charge in [-0.1, -0.05) is 44.8 Å². The van der Waals surface area contributed by atoms with E-state index in [9.17, 15) is 9.59 Å². The number of hydrogen-bond donors (Lipinski definition) is 0. The molecule has 0 aromatic rings.